The maximum Gasteiger partial charge on any atom is 0.243 e. The fourth-order valence-corrected chi connectivity index (χ4v) is 3.95. The Hall–Kier alpha value is -1.57. The van der Waals surface area contributed by atoms with E-state index >= 15 is 0 Å². The summed E-state index contributed by atoms with van der Waals surface area (Å²) >= 11 is 1.55. The van der Waals surface area contributed by atoms with Gasteiger partial charge < -0.3 is 4.74 Å². The number of hydrogen-bond donors (Lipinski definition) is 0. The lowest BCUT2D eigenvalue weighted by molar-refractivity contribution is 0.402. The van der Waals surface area contributed by atoms with Gasteiger partial charge in [-0.3, -0.25) is 0 Å². The van der Waals surface area contributed by atoms with Crippen molar-refractivity contribution in [2.75, 3.05) is 20.4 Å². The molecule has 0 bridgehead atoms. The van der Waals surface area contributed by atoms with Gasteiger partial charge in [0.25, 0.3) is 0 Å². The third-order valence-corrected chi connectivity index (χ3v) is 6.28. The fourth-order valence-electron chi connectivity index (χ4n) is 2.24. The summed E-state index contributed by atoms with van der Waals surface area (Å²) in [6.45, 7) is 1.76. The first-order chi connectivity index (χ1) is 11.3. The van der Waals surface area contributed by atoms with Crippen molar-refractivity contribution in [3.05, 3.63) is 53.3 Å². The molecule has 24 heavy (non-hydrogen) atoms. The Kier molecular flexibility index (Phi) is 5.90. The van der Waals surface area contributed by atoms with E-state index in [1.807, 2.05) is 24.5 Å². The van der Waals surface area contributed by atoms with Crippen molar-refractivity contribution < 1.29 is 17.5 Å². The molecule has 0 N–H and O–H groups in total. The molecule has 4 nitrogen and oxygen atoms in total. The van der Waals surface area contributed by atoms with Crippen molar-refractivity contribution in [1.29, 1.82) is 0 Å². The first-order valence-corrected chi connectivity index (χ1v) is 9.89. The van der Waals surface area contributed by atoms with E-state index < -0.39 is 15.8 Å². The molecule has 0 spiro atoms. The van der Waals surface area contributed by atoms with Gasteiger partial charge in [-0.05, 0) is 48.6 Å². The Morgan fingerprint density at radius 3 is 2.50 bits per heavy atom. The van der Waals surface area contributed by atoms with Crippen LogP contribution in [0.3, 0.4) is 0 Å². The monoisotopic (exact) mass is 369 g/mol. The molecule has 0 aromatic heterocycles. The maximum absolute atomic E-state index is 13.7. The molecule has 0 saturated heterocycles. The van der Waals surface area contributed by atoms with E-state index in [1.165, 1.54) is 23.5 Å². The van der Waals surface area contributed by atoms with E-state index in [0.29, 0.717) is 11.3 Å². The fraction of sp³-hybridized carbons (Fsp3) is 0.294. The first-order valence-electron chi connectivity index (χ1n) is 7.23. The van der Waals surface area contributed by atoms with Gasteiger partial charge in [0.15, 0.2) is 0 Å². The number of methoxy groups -OCH3 is 1. The van der Waals surface area contributed by atoms with E-state index in [1.54, 1.807) is 25.8 Å². The summed E-state index contributed by atoms with van der Waals surface area (Å²) in [6, 6.07) is 9.50. The summed E-state index contributed by atoms with van der Waals surface area (Å²) in [6.07, 6.45) is 1.94. The van der Waals surface area contributed by atoms with E-state index in [2.05, 4.69) is 0 Å². The van der Waals surface area contributed by atoms with Crippen LogP contribution in [0.5, 0.6) is 5.75 Å². The smallest absolute Gasteiger partial charge is 0.243 e. The molecule has 0 aliphatic carbocycles. The molecule has 7 heteroatoms. The standard InChI is InChI=1S/C17H20FNO3S2/c1-12-5-7-14(10-15(12)18)24(20,21)19(2)11-13-6-8-17(23-4)16(9-13)22-3/h5-10H,11H2,1-4H3. The first kappa shape index (κ1) is 18.8. The van der Waals surface area contributed by atoms with Crippen molar-refractivity contribution in [3.8, 4) is 5.75 Å². The molecule has 2 rings (SSSR count). The Labute approximate surface area is 146 Å². The molecule has 0 aliphatic heterocycles. The highest BCUT2D eigenvalue weighted by Gasteiger charge is 2.22. The van der Waals surface area contributed by atoms with Gasteiger partial charge in [-0.2, -0.15) is 4.31 Å². The maximum atomic E-state index is 13.7. The Morgan fingerprint density at radius 1 is 1.21 bits per heavy atom. The molecule has 0 radical (unpaired) electrons. The zero-order valence-electron chi connectivity index (χ0n) is 14.0. The largest absolute Gasteiger partial charge is 0.496 e. The summed E-state index contributed by atoms with van der Waals surface area (Å²) < 4.78 is 45.4. The lowest BCUT2D eigenvalue weighted by Crippen LogP contribution is -2.26. The number of rotatable bonds is 6. The lowest BCUT2D eigenvalue weighted by Gasteiger charge is -2.18. The van der Waals surface area contributed by atoms with Gasteiger partial charge in [-0.1, -0.05) is 12.1 Å². The van der Waals surface area contributed by atoms with Crippen molar-refractivity contribution in [2.45, 2.75) is 23.3 Å². The van der Waals surface area contributed by atoms with Crippen LogP contribution in [0.1, 0.15) is 11.1 Å². The number of halogens is 1. The predicted molar refractivity (Wildman–Crippen MR) is 94.6 cm³/mol. The molecule has 0 unspecified atom stereocenters. The van der Waals surface area contributed by atoms with Crippen LogP contribution in [0.25, 0.3) is 0 Å². The second-order valence-electron chi connectivity index (χ2n) is 5.36. The summed E-state index contributed by atoms with van der Waals surface area (Å²) in [4.78, 5) is 0.924. The van der Waals surface area contributed by atoms with E-state index in [-0.39, 0.29) is 11.4 Å². The molecule has 0 saturated carbocycles. The normalized spacial score (nSPS) is 11.8. The van der Waals surface area contributed by atoms with Gasteiger partial charge in [0, 0.05) is 18.5 Å². The van der Waals surface area contributed by atoms with Crippen LogP contribution in [-0.2, 0) is 16.6 Å². The van der Waals surface area contributed by atoms with Gasteiger partial charge in [0.05, 0.1) is 12.0 Å². The molecular weight excluding hydrogens is 349 g/mol. The molecule has 0 aliphatic rings. The highest BCUT2D eigenvalue weighted by atomic mass is 32.2. The predicted octanol–water partition coefficient (Wildman–Crippen LogP) is 3.69. The zero-order chi connectivity index (χ0) is 17.9. The molecular formula is C17H20FNO3S2. The van der Waals surface area contributed by atoms with Crippen molar-refractivity contribution in [1.82, 2.24) is 4.31 Å². The molecule has 2 aromatic rings. The lowest BCUT2D eigenvalue weighted by atomic mass is 10.2. The Morgan fingerprint density at radius 2 is 1.92 bits per heavy atom. The highest BCUT2D eigenvalue weighted by Crippen LogP contribution is 2.29. The second-order valence-corrected chi connectivity index (χ2v) is 8.25. The summed E-state index contributed by atoms with van der Waals surface area (Å²) in [7, 11) is -0.712. The van der Waals surface area contributed by atoms with E-state index in [4.69, 9.17) is 4.74 Å². The van der Waals surface area contributed by atoms with Crippen molar-refractivity contribution in [3.63, 3.8) is 0 Å². The third-order valence-electron chi connectivity index (χ3n) is 3.70. The van der Waals surface area contributed by atoms with Gasteiger partial charge in [0.2, 0.25) is 10.0 Å². The topological polar surface area (TPSA) is 46.6 Å². The zero-order valence-corrected chi connectivity index (χ0v) is 15.7. The van der Waals surface area contributed by atoms with E-state index in [0.717, 1.165) is 16.5 Å². The van der Waals surface area contributed by atoms with Crippen LogP contribution in [-0.4, -0.2) is 33.1 Å². The van der Waals surface area contributed by atoms with Crippen LogP contribution in [0.2, 0.25) is 0 Å². The van der Waals surface area contributed by atoms with Gasteiger partial charge >= 0.3 is 0 Å². The van der Waals surface area contributed by atoms with Gasteiger partial charge in [-0.25, -0.2) is 12.8 Å². The number of ether oxygens (including phenoxy) is 1. The minimum absolute atomic E-state index is 0.0548. The average Bonchev–Trinajstić information content (AvgIpc) is 2.56. The van der Waals surface area contributed by atoms with Crippen molar-refractivity contribution >= 4 is 21.8 Å². The molecule has 0 atom stereocenters. The Balaban J connectivity index is 2.27. The molecule has 0 heterocycles. The van der Waals surface area contributed by atoms with Crippen LogP contribution in [0.15, 0.2) is 46.2 Å². The summed E-state index contributed by atoms with van der Waals surface area (Å²) in [5, 5.41) is 0. The molecule has 130 valence electrons. The van der Waals surface area contributed by atoms with Crippen LogP contribution in [0.4, 0.5) is 4.39 Å². The second kappa shape index (κ2) is 7.55. The number of aryl methyl sites for hydroxylation is 1. The number of benzene rings is 2. The minimum Gasteiger partial charge on any atom is -0.496 e. The number of sulfonamides is 1. The summed E-state index contributed by atoms with van der Waals surface area (Å²) in [5.74, 6) is 0.169. The Bertz CT molecular complexity index is 838. The third kappa shape index (κ3) is 3.91. The molecule has 0 amide bonds. The quantitative estimate of drug-likeness (QED) is 0.729. The number of thioether (sulfide) groups is 1. The van der Waals surface area contributed by atoms with Crippen LogP contribution < -0.4 is 4.74 Å². The number of hydrogen-bond acceptors (Lipinski definition) is 4. The SMILES string of the molecule is COc1cc(CN(C)S(=O)(=O)c2ccc(C)c(F)c2)ccc1SC. The van der Waals surface area contributed by atoms with Crippen LogP contribution >= 0.6 is 11.8 Å². The van der Waals surface area contributed by atoms with Gasteiger partial charge in [0.1, 0.15) is 11.6 Å². The molecule has 0 fully saturated rings. The summed E-state index contributed by atoms with van der Waals surface area (Å²) in [5.41, 5.74) is 1.21. The van der Waals surface area contributed by atoms with Crippen LogP contribution in [0, 0.1) is 12.7 Å². The van der Waals surface area contributed by atoms with Gasteiger partial charge in [-0.15, -0.1) is 11.8 Å². The molecule has 2 aromatic carbocycles. The average molecular weight is 369 g/mol. The van der Waals surface area contributed by atoms with Crippen molar-refractivity contribution in [2.24, 2.45) is 0 Å². The number of nitrogens with zero attached hydrogens (tertiary/aromatic N) is 1. The minimum atomic E-state index is -3.76. The highest BCUT2D eigenvalue weighted by molar-refractivity contribution is 7.98. The van der Waals surface area contributed by atoms with E-state index in [9.17, 15) is 12.8 Å².